The molecule has 1 aromatic carbocycles. The fourth-order valence-electron chi connectivity index (χ4n) is 3.08. The largest absolute Gasteiger partial charge is 0.449 e. The summed E-state index contributed by atoms with van der Waals surface area (Å²) < 4.78 is 5.25. The topological polar surface area (TPSA) is 108 Å². The predicted octanol–water partition coefficient (Wildman–Crippen LogP) is 2.78. The third-order valence-electron chi connectivity index (χ3n) is 4.74. The quantitative estimate of drug-likeness (QED) is 0.748. The normalized spacial score (nSPS) is 20.0. The molecule has 1 aliphatic carbocycles. The summed E-state index contributed by atoms with van der Waals surface area (Å²) >= 11 is 0. The van der Waals surface area contributed by atoms with Gasteiger partial charge in [-0.2, -0.15) is 5.26 Å². The van der Waals surface area contributed by atoms with Crippen LogP contribution in [0.2, 0.25) is 0 Å². The Hall–Kier alpha value is -2.88. The lowest BCUT2D eigenvalue weighted by atomic mass is 9.86. The third-order valence-corrected chi connectivity index (χ3v) is 4.74. The van der Waals surface area contributed by atoms with E-state index >= 15 is 0 Å². The first-order valence-corrected chi connectivity index (χ1v) is 9.19. The Labute approximate surface area is 159 Å². The lowest BCUT2D eigenvalue weighted by Gasteiger charge is -2.30. The molecule has 27 heavy (non-hydrogen) atoms. The molecule has 144 valence electrons. The van der Waals surface area contributed by atoms with Crippen LogP contribution in [-0.2, 0) is 14.3 Å². The van der Waals surface area contributed by atoms with Gasteiger partial charge >= 0.3 is 5.97 Å². The van der Waals surface area contributed by atoms with Crippen molar-refractivity contribution in [2.75, 3.05) is 5.32 Å². The molecule has 1 aliphatic rings. The maximum absolute atomic E-state index is 12.3. The molecule has 0 saturated heterocycles. The number of anilines is 1. The standard InChI is InChI=1S/C20H25N3O4/c1-13-5-3-4-6-17(13)23-19(25)14(2)27-20(26)15-7-9-16(10-8-15)22-18(24)11-12-21/h7-10,13-14,17H,3-6,11H2,1-2H3,(H,22,24)(H,23,25)/t13-,14-,17-/m1/s1. The van der Waals surface area contributed by atoms with Gasteiger partial charge in [0.15, 0.2) is 6.10 Å². The highest BCUT2D eigenvalue weighted by atomic mass is 16.5. The van der Waals surface area contributed by atoms with E-state index in [1.54, 1.807) is 25.1 Å². The smallest absolute Gasteiger partial charge is 0.338 e. The van der Waals surface area contributed by atoms with Gasteiger partial charge in [0.25, 0.3) is 5.91 Å². The molecule has 0 radical (unpaired) electrons. The van der Waals surface area contributed by atoms with Crippen molar-refractivity contribution < 1.29 is 19.1 Å². The summed E-state index contributed by atoms with van der Waals surface area (Å²) in [5.74, 6) is -0.892. The molecule has 0 spiro atoms. The highest BCUT2D eigenvalue weighted by Gasteiger charge is 2.26. The maximum Gasteiger partial charge on any atom is 0.338 e. The van der Waals surface area contributed by atoms with Crippen molar-refractivity contribution in [1.29, 1.82) is 5.26 Å². The number of amides is 2. The fraction of sp³-hybridized carbons (Fsp3) is 0.500. The van der Waals surface area contributed by atoms with Gasteiger partial charge in [-0.1, -0.05) is 19.8 Å². The van der Waals surface area contributed by atoms with E-state index < -0.39 is 18.0 Å². The minimum atomic E-state index is -0.887. The Morgan fingerprint density at radius 3 is 2.52 bits per heavy atom. The number of hydrogen-bond acceptors (Lipinski definition) is 5. The number of esters is 1. The van der Waals surface area contributed by atoms with Gasteiger partial charge < -0.3 is 15.4 Å². The number of nitriles is 1. The number of ether oxygens (including phenoxy) is 1. The molecular weight excluding hydrogens is 346 g/mol. The second-order valence-corrected chi connectivity index (χ2v) is 6.88. The van der Waals surface area contributed by atoms with Crippen LogP contribution in [0.1, 0.15) is 56.3 Å². The molecule has 2 N–H and O–H groups in total. The number of carbonyl (C=O) groups excluding carboxylic acids is 3. The zero-order chi connectivity index (χ0) is 19.8. The SMILES string of the molecule is C[C@@H]1CCCC[C@H]1NC(=O)[C@@H](C)OC(=O)c1ccc(NC(=O)CC#N)cc1. The molecule has 2 amide bonds. The van der Waals surface area contributed by atoms with E-state index in [1.807, 2.05) is 0 Å². The van der Waals surface area contributed by atoms with Crippen LogP contribution < -0.4 is 10.6 Å². The minimum absolute atomic E-state index is 0.128. The van der Waals surface area contributed by atoms with Crippen LogP contribution in [0.25, 0.3) is 0 Å². The second-order valence-electron chi connectivity index (χ2n) is 6.88. The molecule has 0 unspecified atom stereocenters. The van der Waals surface area contributed by atoms with Gasteiger partial charge in [-0.15, -0.1) is 0 Å². The zero-order valence-corrected chi connectivity index (χ0v) is 15.7. The summed E-state index contributed by atoms with van der Waals surface area (Å²) in [4.78, 5) is 35.9. The molecule has 7 nitrogen and oxygen atoms in total. The van der Waals surface area contributed by atoms with Crippen molar-refractivity contribution in [3.05, 3.63) is 29.8 Å². The van der Waals surface area contributed by atoms with Crippen LogP contribution in [0.15, 0.2) is 24.3 Å². The summed E-state index contributed by atoms with van der Waals surface area (Å²) in [6, 6.07) is 7.97. The molecule has 0 aliphatic heterocycles. The number of nitrogens with one attached hydrogen (secondary N) is 2. The Morgan fingerprint density at radius 1 is 1.22 bits per heavy atom. The van der Waals surface area contributed by atoms with Crippen molar-refractivity contribution in [2.24, 2.45) is 5.92 Å². The van der Waals surface area contributed by atoms with Gasteiger partial charge in [-0.05, 0) is 49.9 Å². The van der Waals surface area contributed by atoms with Crippen molar-refractivity contribution in [3.8, 4) is 6.07 Å². The van der Waals surface area contributed by atoms with Crippen LogP contribution in [0.4, 0.5) is 5.69 Å². The predicted molar refractivity (Wildman–Crippen MR) is 99.7 cm³/mol. The van der Waals surface area contributed by atoms with E-state index in [4.69, 9.17) is 10.00 Å². The Bertz CT molecular complexity index is 724. The molecule has 0 aromatic heterocycles. The van der Waals surface area contributed by atoms with Crippen LogP contribution in [0, 0.1) is 17.2 Å². The Morgan fingerprint density at radius 2 is 1.89 bits per heavy atom. The summed E-state index contributed by atoms with van der Waals surface area (Å²) in [5, 5.41) is 14.0. The molecule has 1 saturated carbocycles. The molecule has 3 atom stereocenters. The number of benzene rings is 1. The maximum atomic E-state index is 12.3. The van der Waals surface area contributed by atoms with Gasteiger partial charge in [0.2, 0.25) is 5.91 Å². The van der Waals surface area contributed by atoms with E-state index in [2.05, 4.69) is 17.6 Å². The Balaban J connectivity index is 1.87. The van der Waals surface area contributed by atoms with Crippen molar-refractivity contribution in [1.82, 2.24) is 5.32 Å². The van der Waals surface area contributed by atoms with E-state index in [0.29, 0.717) is 11.6 Å². The van der Waals surface area contributed by atoms with Crippen LogP contribution in [0.3, 0.4) is 0 Å². The van der Waals surface area contributed by atoms with E-state index in [-0.39, 0.29) is 23.9 Å². The van der Waals surface area contributed by atoms with Crippen molar-refractivity contribution in [3.63, 3.8) is 0 Å². The molecule has 1 aromatic rings. The molecule has 1 fully saturated rings. The summed E-state index contributed by atoms with van der Waals surface area (Å²) in [7, 11) is 0. The highest BCUT2D eigenvalue weighted by molar-refractivity contribution is 5.94. The molecule has 0 bridgehead atoms. The van der Waals surface area contributed by atoms with Gasteiger partial charge in [-0.3, -0.25) is 9.59 Å². The third kappa shape index (κ3) is 6.10. The highest BCUT2D eigenvalue weighted by Crippen LogP contribution is 2.23. The number of hydrogen-bond donors (Lipinski definition) is 2. The van der Waals surface area contributed by atoms with Crippen molar-refractivity contribution >= 4 is 23.5 Å². The summed E-state index contributed by atoms with van der Waals surface area (Å²) in [6.07, 6.45) is 3.20. The molecule has 0 heterocycles. The monoisotopic (exact) mass is 371 g/mol. The molecule has 7 heteroatoms. The average molecular weight is 371 g/mol. The minimum Gasteiger partial charge on any atom is -0.449 e. The van der Waals surface area contributed by atoms with Crippen LogP contribution in [0.5, 0.6) is 0 Å². The van der Waals surface area contributed by atoms with Crippen molar-refractivity contribution in [2.45, 2.75) is 58.1 Å². The number of nitrogens with zero attached hydrogens (tertiary/aromatic N) is 1. The second kappa shape index (κ2) is 9.72. The first-order valence-electron chi connectivity index (χ1n) is 9.19. The zero-order valence-electron chi connectivity index (χ0n) is 15.7. The lowest BCUT2D eigenvalue weighted by molar-refractivity contribution is -0.130. The molecular formula is C20H25N3O4. The van der Waals surface area contributed by atoms with E-state index in [1.165, 1.54) is 18.6 Å². The number of rotatable bonds is 6. The summed E-state index contributed by atoms with van der Waals surface area (Å²) in [6.45, 7) is 3.68. The van der Waals surface area contributed by atoms with E-state index in [9.17, 15) is 14.4 Å². The van der Waals surface area contributed by atoms with Gasteiger partial charge in [0.1, 0.15) is 6.42 Å². The first kappa shape index (κ1) is 20.4. The van der Waals surface area contributed by atoms with Gasteiger partial charge in [0.05, 0.1) is 11.6 Å². The fourth-order valence-corrected chi connectivity index (χ4v) is 3.08. The van der Waals surface area contributed by atoms with Gasteiger partial charge in [0, 0.05) is 11.7 Å². The lowest BCUT2D eigenvalue weighted by Crippen LogP contribution is -2.45. The number of carbonyl (C=O) groups is 3. The van der Waals surface area contributed by atoms with Crippen LogP contribution in [-0.4, -0.2) is 29.9 Å². The van der Waals surface area contributed by atoms with Gasteiger partial charge in [-0.25, -0.2) is 4.79 Å². The average Bonchev–Trinajstić information content (AvgIpc) is 2.64. The summed E-state index contributed by atoms with van der Waals surface area (Å²) in [5.41, 5.74) is 0.753. The van der Waals surface area contributed by atoms with E-state index in [0.717, 1.165) is 19.3 Å². The molecule has 2 rings (SSSR count). The Kier molecular flexibility index (Phi) is 7.35. The first-order chi connectivity index (χ1) is 12.9. The van der Waals surface area contributed by atoms with Crippen LogP contribution >= 0.6 is 0 Å².